The van der Waals surface area contributed by atoms with Gasteiger partial charge < -0.3 is 20.9 Å². The Labute approximate surface area is 271 Å². The molecular weight excluding hydrogens is 684 g/mol. The van der Waals surface area contributed by atoms with Crippen LogP contribution in [0.4, 0.5) is 64.1 Å². The van der Waals surface area contributed by atoms with Crippen molar-refractivity contribution < 1.29 is 62.2 Å². The van der Waals surface area contributed by atoms with Crippen molar-refractivity contribution in [3.05, 3.63) is 105 Å². The zero-order chi connectivity index (χ0) is 37.1. The van der Waals surface area contributed by atoms with Crippen LogP contribution in [0, 0.1) is 27.7 Å². The predicted octanol–water partition coefficient (Wildman–Crippen LogP) is 11.1. The Balaban J connectivity index is 1.92. The van der Waals surface area contributed by atoms with E-state index in [1.807, 2.05) is 0 Å². The Bertz CT molecular complexity index is 1710. The van der Waals surface area contributed by atoms with Gasteiger partial charge in [0.15, 0.2) is 0 Å². The number of alkyl halides is 12. The molecule has 0 aliphatic rings. The molecule has 0 aromatic heterocycles. The van der Waals surface area contributed by atoms with E-state index in [0.29, 0.717) is 36.4 Å². The van der Waals surface area contributed by atoms with Gasteiger partial charge in [0.2, 0.25) is 5.41 Å². The number of nitrogen functional groups attached to an aromatic ring is 2. The van der Waals surface area contributed by atoms with E-state index in [9.17, 15) is 26.3 Å². The second-order valence-electron chi connectivity index (χ2n) is 11.3. The molecule has 4 N–H and O–H groups in total. The number of anilines is 2. The first-order chi connectivity index (χ1) is 22.3. The first-order valence-electron chi connectivity index (χ1n) is 13.9. The predicted molar refractivity (Wildman–Crippen MR) is 157 cm³/mol. The van der Waals surface area contributed by atoms with Crippen molar-refractivity contribution in [1.29, 1.82) is 0 Å². The van der Waals surface area contributed by atoms with Gasteiger partial charge in [0.05, 0.1) is 0 Å². The van der Waals surface area contributed by atoms with E-state index in [0.717, 1.165) is 52.0 Å². The first kappa shape index (κ1) is 37.1. The Hall–Kier alpha value is -4.76. The highest BCUT2D eigenvalue weighted by Crippen LogP contribution is 2.58. The van der Waals surface area contributed by atoms with Crippen LogP contribution in [0.5, 0.6) is 23.0 Å². The topological polar surface area (TPSA) is 70.5 Å². The van der Waals surface area contributed by atoms with Crippen LogP contribution in [0.2, 0.25) is 0 Å². The third kappa shape index (κ3) is 6.90. The summed E-state index contributed by atoms with van der Waals surface area (Å²) in [5.74, 6) is -2.46. The van der Waals surface area contributed by atoms with Crippen LogP contribution in [0.25, 0.3) is 0 Å². The summed E-state index contributed by atoms with van der Waals surface area (Å²) >= 11 is 0. The van der Waals surface area contributed by atoms with Crippen molar-refractivity contribution in [3.8, 4) is 23.0 Å². The molecule has 0 fully saturated rings. The average molecular weight is 711 g/mol. The highest BCUT2D eigenvalue weighted by atomic mass is 19.4. The fourth-order valence-electron chi connectivity index (χ4n) is 5.57. The first-order valence-corrected chi connectivity index (χ1v) is 13.9. The van der Waals surface area contributed by atoms with Crippen LogP contribution in [-0.2, 0) is 17.8 Å². The van der Waals surface area contributed by atoms with Gasteiger partial charge in [0.1, 0.15) is 34.1 Å². The summed E-state index contributed by atoms with van der Waals surface area (Å²) in [5.41, 5.74) is -1.17. The van der Waals surface area contributed by atoms with Crippen LogP contribution < -0.4 is 20.9 Å². The Kier molecular flexibility index (Phi) is 9.29. The van der Waals surface area contributed by atoms with E-state index in [1.165, 1.54) is 0 Å². The van der Waals surface area contributed by atoms with Crippen LogP contribution >= 0.6 is 0 Å². The molecule has 49 heavy (non-hydrogen) atoms. The molecule has 4 aromatic rings. The number of nitrogens with two attached hydrogens (primary N) is 2. The minimum atomic E-state index is -6.07. The van der Waals surface area contributed by atoms with Gasteiger partial charge >= 0.3 is 24.7 Å². The molecule has 16 heteroatoms. The number of ether oxygens (including phenoxy) is 2. The highest BCUT2D eigenvalue weighted by molar-refractivity contribution is 5.58. The fraction of sp³-hybridized carbons (Fsp3) is 0.273. The van der Waals surface area contributed by atoms with E-state index in [-0.39, 0.29) is 33.6 Å². The van der Waals surface area contributed by atoms with Gasteiger partial charge in [0, 0.05) is 11.4 Å². The monoisotopic (exact) mass is 710 g/mol. The van der Waals surface area contributed by atoms with Crippen LogP contribution in [0.3, 0.4) is 0 Å². The van der Waals surface area contributed by atoms with Gasteiger partial charge in [-0.25, -0.2) is 0 Å². The summed E-state index contributed by atoms with van der Waals surface area (Å²) in [6, 6.07) is 6.99. The normalized spacial score (nSPS) is 13.1. The molecular formula is C33H26F12N2O2. The van der Waals surface area contributed by atoms with E-state index >= 15 is 26.3 Å². The molecule has 0 radical (unpaired) electrons. The number of hydrogen-bond donors (Lipinski definition) is 2. The summed E-state index contributed by atoms with van der Waals surface area (Å²) in [6.07, 6.45) is -22.1. The third-order valence-electron chi connectivity index (χ3n) is 7.68. The molecule has 0 unspecified atom stereocenters. The summed E-state index contributed by atoms with van der Waals surface area (Å²) in [7, 11) is 0. The van der Waals surface area contributed by atoms with Crippen molar-refractivity contribution in [3.63, 3.8) is 0 Å². The Morgan fingerprint density at radius 3 is 0.980 bits per heavy atom. The summed E-state index contributed by atoms with van der Waals surface area (Å²) < 4.78 is 183. The quantitative estimate of drug-likeness (QED) is 0.154. The summed E-state index contributed by atoms with van der Waals surface area (Å²) in [6.45, 7) is 4.25. The molecule has 4 rings (SSSR count). The molecule has 0 aliphatic heterocycles. The standard InChI is InChI=1S/C33H26F12N2O2/c1-15-9-19(10-16(2)27(15)48-25-7-5-21(46)13-23(25)30(34,35)36)29(32(40,41)42,33(43,44)45)20-11-17(3)28(18(4)12-20)49-26-8-6-22(47)14-24(26)31(37,38)39/h5-14H,46-47H2,1-4H3. The average Bonchev–Trinajstić information content (AvgIpc) is 2.92. The minimum Gasteiger partial charge on any atom is -0.456 e. The number of hydrogen-bond acceptors (Lipinski definition) is 4. The van der Waals surface area contributed by atoms with Gasteiger partial charge in [-0.05, 0) is 97.5 Å². The van der Waals surface area contributed by atoms with Crippen LogP contribution in [0.1, 0.15) is 44.5 Å². The largest absolute Gasteiger partial charge is 0.456 e. The molecule has 4 aromatic carbocycles. The zero-order valence-corrected chi connectivity index (χ0v) is 25.8. The van der Waals surface area contributed by atoms with E-state index in [2.05, 4.69) is 0 Å². The molecule has 0 saturated heterocycles. The summed E-state index contributed by atoms with van der Waals surface area (Å²) in [4.78, 5) is 0. The number of aryl methyl sites for hydroxylation is 4. The van der Waals surface area contributed by atoms with Gasteiger partial charge in [-0.2, -0.15) is 52.7 Å². The van der Waals surface area contributed by atoms with E-state index in [1.54, 1.807) is 0 Å². The highest BCUT2D eigenvalue weighted by Gasteiger charge is 2.72. The fourth-order valence-corrected chi connectivity index (χ4v) is 5.57. The van der Waals surface area contributed by atoms with E-state index in [4.69, 9.17) is 20.9 Å². The lowest BCUT2D eigenvalue weighted by atomic mass is 9.71. The lowest BCUT2D eigenvalue weighted by Crippen LogP contribution is -2.55. The third-order valence-corrected chi connectivity index (χ3v) is 7.68. The maximum Gasteiger partial charge on any atom is 0.420 e. The molecule has 0 heterocycles. The zero-order valence-electron chi connectivity index (χ0n) is 25.8. The van der Waals surface area contributed by atoms with Crippen molar-refractivity contribution in [2.75, 3.05) is 11.5 Å². The van der Waals surface area contributed by atoms with Gasteiger partial charge in [-0.15, -0.1) is 0 Å². The molecule has 0 amide bonds. The molecule has 0 saturated carbocycles. The molecule has 264 valence electrons. The smallest absolute Gasteiger partial charge is 0.420 e. The van der Waals surface area contributed by atoms with Crippen LogP contribution in [0.15, 0.2) is 60.7 Å². The van der Waals surface area contributed by atoms with Crippen molar-refractivity contribution in [2.24, 2.45) is 0 Å². The molecule has 4 nitrogen and oxygen atoms in total. The van der Waals surface area contributed by atoms with E-state index < -0.39 is 75.4 Å². The van der Waals surface area contributed by atoms with Crippen molar-refractivity contribution >= 4 is 11.4 Å². The molecule has 0 bridgehead atoms. The SMILES string of the molecule is Cc1cc(C(c2cc(C)c(Oc3ccc(N)cc3C(F)(F)F)c(C)c2)(C(F)(F)F)C(F)(F)F)cc(C)c1Oc1ccc(N)cc1C(F)(F)F. The molecule has 0 spiro atoms. The number of halogens is 12. The van der Waals surface area contributed by atoms with Crippen LogP contribution in [-0.4, -0.2) is 12.4 Å². The second kappa shape index (κ2) is 12.3. The maximum atomic E-state index is 15.1. The van der Waals surface area contributed by atoms with Crippen molar-refractivity contribution in [2.45, 2.75) is 57.8 Å². The van der Waals surface area contributed by atoms with Gasteiger partial charge in [-0.1, -0.05) is 24.3 Å². The van der Waals surface area contributed by atoms with Gasteiger partial charge in [-0.3, -0.25) is 0 Å². The number of benzene rings is 4. The lowest BCUT2D eigenvalue weighted by Gasteiger charge is -2.39. The molecule has 0 aliphatic carbocycles. The minimum absolute atomic E-state index is 0.278. The Morgan fingerprint density at radius 1 is 0.449 bits per heavy atom. The number of rotatable bonds is 6. The maximum absolute atomic E-state index is 15.1. The second-order valence-corrected chi connectivity index (χ2v) is 11.3. The Morgan fingerprint density at radius 2 is 0.735 bits per heavy atom. The molecule has 0 atom stereocenters. The lowest BCUT2D eigenvalue weighted by molar-refractivity contribution is -0.288. The van der Waals surface area contributed by atoms with Gasteiger partial charge in [0.25, 0.3) is 0 Å². The van der Waals surface area contributed by atoms with Crippen molar-refractivity contribution in [1.82, 2.24) is 0 Å². The summed E-state index contributed by atoms with van der Waals surface area (Å²) in [5, 5.41) is 0.